The number of aromatic hydroxyl groups is 1. The van der Waals surface area contributed by atoms with E-state index < -0.39 is 17.2 Å². The van der Waals surface area contributed by atoms with Crippen LogP contribution in [0.2, 0.25) is 0 Å². The van der Waals surface area contributed by atoms with Gasteiger partial charge in [0.15, 0.2) is 5.78 Å². The number of anilines is 1. The number of nitrogens with zero attached hydrogens (tertiary/aromatic N) is 1. The Hall–Kier alpha value is -2.83. The third-order valence-corrected chi connectivity index (χ3v) is 5.82. The van der Waals surface area contributed by atoms with Gasteiger partial charge >= 0.3 is 6.18 Å². The Bertz CT molecular complexity index is 1060. The van der Waals surface area contributed by atoms with E-state index in [1.807, 2.05) is 13.8 Å². The number of benzene rings is 1. The molecule has 2 heterocycles. The standard InChI is InChI=1S/C22H21F3N2O2/c1-20(2)9-16-18(17(29)10-20)21(3,12-5-4-6-14(28)7-12)15-8-13(22(23,24)25)11-26-19(15)27-16/h4-8,11,28H,9-10H2,1-3H3,(H,26,27). The monoisotopic (exact) mass is 402 g/mol. The number of Topliss-reactive ketones (excluding diaryl/α,β-unsaturated/α-hetero) is 1. The van der Waals surface area contributed by atoms with E-state index in [0.717, 1.165) is 12.3 Å². The number of hydrogen-bond donors (Lipinski definition) is 2. The summed E-state index contributed by atoms with van der Waals surface area (Å²) in [5.74, 6) is 0.167. The first kappa shape index (κ1) is 19.5. The Balaban J connectivity index is 2.03. The van der Waals surface area contributed by atoms with Crippen molar-refractivity contribution >= 4 is 11.6 Å². The van der Waals surface area contributed by atoms with Gasteiger partial charge in [-0.15, -0.1) is 0 Å². The van der Waals surface area contributed by atoms with Gasteiger partial charge in [-0.2, -0.15) is 13.2 Å². The summed E-state index contributed by atoms with van der Waals surface area (Å²) in [6.07, 6.45) is -2.89. The highest BCUT2D eigenvalue weighted by molar-refractivity contribution is 6.02. The molecule has 4 rings (SSSR count). The van der Waals surface area contributed by atoms with E-state index in [1.54, 1.807) is 19.1 Å². The van der Waals surface area contributed by atoms with Crippen LogP contribution in [-0.4, -0.2) is 15.9 Å². The number of halogens is 3. The van der Waals surface area contributed by atoms with Crippen LogP contribution in [-0.2, 0) is 16.4 Å². The molecule has 29 heavy (non-hydrogen) atoms. The number of pyridine rings is 1. The molecule has 4 nitrogen and oxygen atoms in total. The van der Waals surface area contributed by atoms with Crippen LogP contribution in [0.3, 0.4) is 0 Å². The Kier molecular flexibility index (Phi) is 4.09. The Labute approximate surface area is 166 Å². The van der Waals surface area contributed by atoms with Gasteiger partial charge in [-0.1, -0.05) is 26.0 Å². The van der Waals surface area contributed by atoms with Crippen LogP contribution < -0.4 is 5.32 Å². The summed E-state index contributed by atoms with van der Waals surface area (Å²) < 4.78 is 40.2. The normalized spacial score (nSPS) is 23.3. The minimum atomic E-state index is -4.56. The third kappa shape index (κ3) is 3.09. The molecule has 0 saturated carbocycles. The third-order valence-electron chi connectivity index (χ3n) is 5.82. The summed E-state index contributed by atoms with van der Waals surface area (Å²) in [4.78, 5) is 17.3. The van der Waals surface area contributed by atoms with E-state index in [2.05, 4.69) is 10.3 Å². The lowest BCUT2D eigenvalue weighted by atomic mass is 9.62. The molecule has 0 amide bonds. The molecule has 1 aliphatic carbocycles. The number of fused-ring (bicyclic) bond motifs is 1. The predicted octanol–water partition coefficient (Wildman–Crippen LogP) is 5.18. The fraction of sp³-hybridized carbons (Fsp3) is 0.364. The molecule has 0 fully saturated rings. The Morgan fingerprint density at radius 3 is 2.52 bits per heavy atom. The van der Waals surface area contributed by atoms with Crippen molar-refractivity contribution in [2.45, 2.75) is 45.2 Å². The van der Waals surface area contributed by atoms with Crippen molar-refractivity contribution in [3.05, 3.63) is 64.5 Å². The predicted molar refractivity (Wildman–Crippen MR) is 102 cm³/mol. The highest BCUT2D eigenvalue weighted by Gasteiger charge is 2.49. The molecule has 1 unspecified atom stereocenters. The zero-order valence-electron chi connectivity index (χ0n) is 16.3. The number of aromatic nitrogens is 1. The first-order valence-corrected chi connectivity index (χ1v) is 9.33. The van der Waals surface area contributed by atoms with Gasteiger partial charge in [0.25, 0.3) is 0 Å². The second-order valence-corrected chi connectivity index (χ2v) is 8.71. The number of carbonyl (C=O) groups is 1. The van der Waals surface area contributed by atoms with Gasteiger partial charge in [-0.25, -0.2) is 4.98 Å². The highest BCUT2D eigenvalue weighted by atomic mass is 19.4. The van der Waals surface area contributed by atoms with Crippen LogP contribution in [0.25, 0.3) is 0 Å². The van der Waals surface area contributed by atoms with Crippen LogP contribution in [0.1, 0.15) is 50.3 Å². The molecule has 1 aromatic carbocycles. The summed E-state index contributed by atoms with van der Waals surface area (Å²) in [5, 5.41) is 13.1. The zero-order chi connectivity index (χ0) is 21.2. The fourth-order valence-electron chi connectivity index (χ4n) is 4.50. The number of ketones is 1. The van der Waals surface area contributed by atoms with Crippen molar-refractivity contribution < 1.29 is 23.1 Å². The lowest BCUT2D eigenvalue weighted by Gasteiger charge is -2.44. The number of hydrogen-bond acceptors (Lipinski definition) is 4. The van der Waals surface area contributed by atoms with E-state index in [4.69, 9.17) is 0 Å². The van der Waals surface area contributed by atoms with Gasteiger partial charge in [0.2, 0.25) is 0 Å². The molecular formula is C22H21F3N2O2. The smallest absolute Gasteiger partial charge is 0.417 e. The maximum absolute atomic E-state index is 13.4. The van der Waals surface area contributed by atoms with Crippen molar-refractivity contribution in [3.8, 4) is 5.75 Å². The van der Waals surface area contributed by atoms with Crippen molar-refractivity contribution in [2.24, 2.45) is 5.41 Å². The number of phenols is 1. The Morgan fingerprint density at radius 2 is 1.86 bits per heavy atom. The van der Waals surface area contributed by atoms with Gasteiger partial charge in [0, 0.05) is 29.5 Å². The first-order chi connectivity index (χ1) is 13.4. The molecular weight excluding hydrogens is 381 g/mol. The SMILES string of the molecule is CC1(C)CC(=O)C2=C(C1)Nc1ncc(C(F)(F)F)cc1C2(C)c1cccc(O)c1. The molecule has 1 atom stereocenters. The summed E-state index contributed by atoms with van der Waals surface area (Å²) in [6, 6.07) is 7.37. The second-order valence-electron chi connectivity index (χ2n) is 8.71. The number of nitrogens with one attached hydrogen (secondary N) is 1. The highest BCUT2D eigenvalue weighted by Crippen LogP contribution is 2.52. The number of phenolic OH excluding ortho intramolecular Hbond substituents is 1. The number of alkyl halides is 3. The van der Waals surface area contributed by atoms with Gasteiger partial charge in [-0.3, -0.25) is 4.79 Å². The number of carbonyl (C=O) groups excluding carboxylic acids is 1. The van der Waals surface area contributed by atoms with Gasteiger partial charge in [0.1, 0.15) is 11.6 Å². The lowest BCUT2D eigenvalue weighted by molar-refractivity contribution is -0.137. The molecule has 152 valence electrons. The zero-order valence-corrected chi connectivity index (χ0v) is 16.3. The van der Waals surface area contributed by atoms with E-state index in [-0.39, 0.29) is 22.5 Å². The quantitative estimate of drug-likeness (QED) is 0.690. The summed E-state index contributed by atoms with van der Waals surface area (Å²) in [5.41, 5.74) is -0.389. The van der Waals surface area contributed by atoms with E-state index in [9.17, 15) is 23.1 Å². The molecule has 1 aromatic heterocycles. The summed E-state index contributed by atoms with van der Waals surface area (Å²) in [7, 11) is 0. The number of rotatable bonds is 1. The minimum absolute atomic E-state index is 0.0190. The number of allylic oxidation sites excluding steroid dienone is 2. The van der Waals surface area contributed by atoms with Gasteiger partial charge in [0.05, 0.1) is 11.0 Å². The molecule has 0 spiro atoms. The largest absolute Gasteiger partial charge is 0.508 e. The Morgan fingerprint density at radius 1 is 1.14 bits per heavy atom. The topological polar surface area (TPSA) is 62.2 Å². The molecule has 7 heteroatoms. The van der Waals surface area contributed by atoms with E-state index in [1.165, 1.54) is 12.1 Å². The average molecular weight is 402 g/mol. The van der Waals surface area contributed by atoms with Crippen molar-refractivity contribution in [3.63, 3.8) is 0 Å². The van der Waals surface area contributed by atoms with Crippen LogP contribution in [0.5, 0.6) is 5.75 Å². The van der Waals surface area contributed by atoms with Crippen molar-refractivity contribution in [2.75, 3.05) is 5.32 Å². The second kappa shape index (κ2) is 6.08. The van der Waals surface area contributed by atoms with Crippen LogP contribution in [0.15, 0.2) is 47.8 Å². The fourth-order valence-corrected chi connectivity index (χ4v) is 4.50. The van der Waals surface area contributed by atoms with Crippen LogP contribution >= 0.6 is 0 Å². The summed E-state index contributed by atoms with van der Waals surface area (Å²) >= 11 is 0. The molecule has 2 aromatic rings. The lowest BCUT2D eigenvalue weighted by Crippen LogP contribution is -2.42. The van der Waals surface area contributed by atoms with E-state index in [0.29, 0.717) is 35.5 Å². The molecule has 0 bridgehead atoms. The first-order valence-electron chi connectivity index (χ1n) is 9.33. The summed E-state index contributed by atoms with van der Waals surface area (Å²) in [6.45, 7) is 5.70. The maximum Gasteiger partial charge on any atom is 0.417 e. The maximum atomic E-state index is 13.4. The average Bonchev–Trinajstić information content (AvgIpc) is 2.59. The van der Waals surface area contributed by atoms with Gasteiger partial charge < -0.3 is 10.4 Å². The van der Waals surface area contributed by atoms with Crippen molar-refractivity contribution in [1.29, 1.82) is 0 Å². The van der Waals surface area contributed by atoms with Gasteiger partial charge in [-0.05, 0) is 42.5 Å². The molecule has 2 aliphatic rings. The van der Waals surface area contributed by atoms with Crippen LogP contribution in [0.4, 0.5) is 19.0 Å². The van der Waals surface area contributed by atoms with E-state index >= 15 is 0 Å². The molecule has 0 radical (unpaired) electrons. The molecule has 0 saturated heterocycles. The molecule has 2 N–H and O–H groups in total. The van der Waals surface area contributed by atoms with Crippen LogP contribution in [0, 0.1) is 5.41 Å². The van der Waals surface area contributed by atoms with Crippen molar-refractivity contribution in [1.82, 2.24) is 4.98 Å². The molecule has 1 aliphatic heterocycles. The minimum Gasteiger partial charge on any atom is -0.508 e.